The lowest BCUT2D eigenvalue weighted by Crippen LogP contribution is -2.07. The summed E-state index contributed by atoms with van der Waals surface area (Å²) in [5.41, 5.74) is 15.6. The van der Waals surface area contributed by atoms with Gasteiger partial charge in [-0.2, -0.15) is 0 Å². The van der Waals surface area contributed by atoms with Crippen LogP contribution in [0.3, 0.4) is 0 Å². The fourth-order valence-electron chi connectivity index (χ4n) is 6.01. The maximum Gasteiger partial charge on any atom is 0.140 e. The van der Waals surface area contributed by atoms with E-state index in [-0.39, 0.29) is 0 Å². The molecule has 0 saturated carbocycles. The lowest BCUT2D eigenvalue weighted by atomic mass is 9.83. The standard InChI is InChI=1S/C42H29BBr2/c43-40-25-31(28-10-4-1-5-11-28)16-19-37(40)34-22-35(38-20-17-32(26-41(38)44)29-12-6-2-7-13-29)24-36(23-34)39-21-18-33(27-42(39)45)30-14-8-3-9-15-30/h1-27H,43H2. The molecule has 214 valence electrons. The van der Waals surface area contributed by atoms with Gasteiger partial charge in [-0.3, -0.25) is 0 Å². The van der Waals surface area contributed by atoms with Gasteiger partial charge in [0.2, 0.25) is 0 Å². The number of hydrogen-bond donors (Lipinski definition) is 0. The first-order chi connectivity index (χ1) is 22.0. The first-order valence-corrected chi connectivity index (χ1v) is 16.6. The lowest BCUT2D eigenvalue weighted by Gasteiger charge is -2.16. The van der Waals surface area contributed by atoms with E-state index in [1.807, 2.05) is 0 Å². The zero-order valence-corrected chi connectivity index (χ0v) is 28.0. The lowest BCUT2D eigenvalue weighted by molar-refractivity contribution is 1.53. The van der Waals surface area contributed by atoms with Gasteiger partial charge in [-0.1, -0.05) is 171 Å². The second-order valence-corrected chi connectivity index (χ2v) is 13.0. The van der Waals surface area contributed by atoms with E-state index in [4.69, 9.17) is 0 Å². The van der Waals surface area contributed by atoms with Gasteiger partial charge in [0.15, 0.2) is 0 Å². The molecule has 7 rings (SSSR count). The average Bonchev–Trinajstić information content (AvgIpc) is 3.09. The minimum absolute atomic E-state index is 1.07. The van der Waals surface area contributed by atoms with Crippen LogP contribution in [0.2, 0.25) is 0 Å². The van der Waals surface area contributed by atoms with Crippen molar-refractivity contribution in [1.29, 1.82) is 0 Å². The van der Waals surface area contributed by atoms with Crippen LogP contribution < -0.4 is 5.46 Å². The van der Waals surface area contributed by atoms with Gasteiger partial charge < -0.3 is 0 Å². The van der Waals surface area contributed by atoms with E-state index in [2.05, 4.69) is 203 Å². The molecule has 0 N–H and O–H groups in total. The Hall–Kier alpha value is -4.44. The van der Waals surface area contributed by atoms with Crippen molar-refractivity contribution in [2.45, 2.75) is 0 Å². The maximum atomic E-state index is 3.93. The second kappa shape index (κ2) is 12.9. The molecule has 0 radical (unpaired) electrons. The molecule has 0 amide bonds. The summed E-state index contributed by atoms with van der Waals surface area (Å²) < 4.78 is 2.14. The Balaban J connectivity index is 1.36. The third-order valence-corrected chi connectivity index (χ3v) is 9.66. The number of rotatable bonds is 6. The fraction of sp³-hybridized carbons (Fsp3) is 0. The van der Waals surface area contributed by atoms with Crippen LogP contribution in [0.4, 0.5) is 0 Å². The Morgan fingerprint density at radius 2 is 0.622 bits per heavy atom. The average molecular weight is 704 g/mol. The Bertz CT molecular complexity index is 1860. The topological polar surface area (TPSA) is 0 Å². The molecule has 0 aliphatic heterocycles. The van der Waals surface area contributed by atoms with Crippen LogP contribution in [0, 0.1) is 0 Å². The second-order valence-electron chi connectivity index (χ2n) is 11.3. The summed E-state index contributed by atoms with van der Waals surface area (Å²) in [6.45, 7) is 0. The van der Waals surface area contributed by atoms with Crippen LogP contribution in [0.5, 0.6) is 0 Å². The molecule has 0 heterocycles. The summed E-state index contributed by atoms with van der Waals surface area (Å²) >= 11 is 7.87. The molecule has 7 aromatic rings. The molecule has 0 aliphatic carbocycles. The molecular weight excluding hydrogens is 675 g/mol. The van der Waals surface area contributed by atoms with Gasteiger partial charge in [0, 0.05) is 8.95 Å². The van der Waals surface area contributed by atoms with Crippen molar-refractivity contribution in [1.82, 2.24) is 0 Å². The van der Waals surface area contributed by atoms with E-state index in [0.717, 1.165) is 20.1 Å². The molecule has 0 atom stereocenters. The van der Waals surface area contributed by atoms with Gasteiger partial charge in [0.25, 0.3) is 0 Å². The zero-order valence-electron chi connectivity index (χ0n) is 24.8. The molecule has 0 fully saturated rings. The van der Waals surface area contributed by atoms with Crippen LogP contribution in [0.1, 0.15) is 0 Å². The quantitative estimate of drug-likeness (QED) is 0.151. The zero-order chi connectivity index (χ0) is 30.8. The van der Waals surface area contributed by atoms with Crippen molar-refractivity contribution in [3.8, 4) is 66.8 Å². The molecule has 45 heavy (non-hydrogen) atoms. The van der Waals surface area contributed by atoms with Crippen molar-refractivity contribution in [2.24, 2.45) is 0 Å². The summed E-state index contributed by atoms with van der Waals surface area (Å²) in [5, 5.41) is 0. The van der Waals surface area contributed by atoms with Crippen molar-refractivity contribution in [2.75, 3.05) is 0 Å². The summed E-state index contributed by atoms with van der Waals surface area (Å²) in [6.07, 6.45) is 0. The van der Waals surface area contributed by atoms with E-state index in [0.29, 0.717) is 0 Å². The summed E-state index contributed by atoms with van der Waals surface area (Å²) in [6, 6.07) is 58.7. The predicted molar refractivity (Wildman–Crippen MR) is 203 cm³/mol. The van der Waals surface area contributed by atoms with E-state index in [1.54, 1.807) is 0 Å². The highest BCUT2D eigenvalue weighted by molar-refractivity contribution is 9.11. The Kier molecular flexibility index (Phi) is 8.39. The van der Waals surface area contributed by atoms with Crippen molar-refractivity contribution in [3.05, 3.63) is 173 Å². The van der Waals surface area contributed by atoms with Gasteiger partial charge in [-0.15, -0.1) is 0 Å². The Labute approximate surface area is 283 Å². The largest absolute Gasteiger partial charge is 0.140 e. The number of halogens is 2. The Morgan fingerprint density at radius 3 is 0.978 bits per heavy atom. The minimum atomic E-state index is 1.07. The van der Waals surface area contributed by atoms with Crippen molar-refractivity contribution < 1.29 is 0 Å². The predicted octanol–water partition coefficient (Wildman–Crippen LogP) is 11.5. The molecular formula is C42H29BBr2. The van der Waals surface area contributed by atoms with Gasteiger partial charge >= 0.3 is 0 Å². The highest BCUT2D eigenvalue weighted by atomic mass is 79.9. The van der Waals surface area contributed by atoms with Crippen LogP contribution >= 0.6 is 31.9 Å². The highest BCUT2D eigenvalue weighted by Crippen LogP contribution is 2.40. The monoisotopic (exact) mass is 702 g/mol. The van der Waals surface area contributed by atoms with Gasteiger partial charge in [-0.25, -0.2) is 0 Å². The van der Waals surface area contributed by atoms with Crippen LogP contribution in [-0.4, -0.2) is 7.85 Å². The van der Waals surface area contributed by atoms with E-state index in [1.165, 1.54) is 61.1 Å². The smallest absolute Gasteiger partial charge is 0.0807 e. The molecule has 0 spiro atoms. The first kappa shape index (κ1) is 29.3. The Morgan fingerprint density at radius 1 is 0.289 bits per heavy atom. The summed E-state index contributed by atoms with van der Waals surface area (Å²) in [5.74, 6) is 0. The molecule has 7 aromatic carbocycles. The number of hydrogen-bond acceptors (Lipinski definition) is 0. The molecule has 3 heteroatoms. The summed E-state index contributed by atoms with van der Waals surface area (Å²) in [7, 11) is 2.21. The molecule has 0 aliphatic rings. The van der Waals surface area contributed by atoms with Crippen molar-refractivity contribution >= 4 is 45.2 Å². The third kappa shape index (κ3) is 6.24. The summed E-state index contributed by atoms with van der Waals surface area (Å²) in [4.78, 5) is 0. The van der Waals surface area contributed by atoms with E-state index < -0.39 is 0 Å². The molecule has 0 saturated heterocycles. The normalized spacial score (nSPS) is 11.0. The van der Waals surface area contributed by atoms with Gasteiger partial charge in [-0.05, 0) is 97.1 Å². The fourth-order valence-corrected chi connectivity index (χ4v) is 7.23. The number of benzene rings is 7. The highest BCUT2D eigenvalue weighted by Gasteiger charge is 2.14. The van der Waals surface area contributed by atoms with Crippen LogP contribution in [-0.2, 0) is 0 Å². The first-order valence-electron chi connectivity index (χ1n) is 15.1. The molecule has 0 nitrogen and oxygen atoms in total. The molecule has 0 bridgehead atoms. The minimum Gasteiger partial charge on any atom is -0.0807 e. The molecule has 0 aromatic heterocycles. The van der Waals surface area contributed by atoms with Crippen LogP contribution in [0.15, 0.2) is 173 Å². The van der Waals surface area contributed by atoms with E-state index >= 15 is 0 Å². The van der Waals surface area contributed by atoms with E-state index in [9.17, 15) is 0 Å². The van der Waals surface area contributed by atoms with Crippen LogP contribution in [0.25, 0.3) is 66.8 Å². The van der Waals surface area contributed by atoms with Crippen molar-refractivity contribution in [3.63, 3.8) is 0 Å². The van der Waals surface area contributed by atoms with Gasteiger partial charge in [0.05, 0.1) is 0 Å². The van der Waals surface area contributed by atoms with Gasteiger partial charge in [0.1, 0.15) is 7.85 Å². The molecule has 0 unspecified atom stereocenters. The SMILES string of the molecule is Bc1cc(-c2ccccc2)ccc1-c1cc(-c2ccc(-c3ccccc3)cc2Br)cc(-c2ccc(-c3ccccc3)cc2Br)c1. The third-order valence-electron chi connectivity index (χ3n) is 8.35. The maximum absolute atomic E-state index is 3.93.